The molecule has 7 nitrogen and oxygen atoms in total. The molecule has 0 bridgehead atoms. The van der Waals surface area contributed by atoms with Crippen molar-refractivity contribution in [1.82, 2.24) is 21.1 Å². The van der Waals surface area contributed by atoms with Gasteiger partial charge in [0.1, 0.15) is 11.9 Å². The molecule has 142 valence electrons. The standard InChI is InChI=1S/C18H25FN4O3/c1-2-23(10-17(24)25)14-7-13(8-14)20-18(26)16-9-15(21-22-16)11-3-5-12(19)6-4-11/h3-6,13-16,21-22H,2,7-10H2,1H3,(H,20,26)(H,24,25). The molecule has 4 N–H and O–H groups in total. The number of carboxylic acids is 1. The summed E-state index contributed by atoms with van der Waals surface area (Å²) in [5.74, 6) is -1.17. The second kappa shape index (κ2) is 8.11. The Balaban J connectivity index is 1.44. The predicted molar refractivity (Wildman–Crippen MR) is 93.7 cm³/mol. The lowest BCUT2D eigenvalue weighted by molar-refractivity contribution is -0.139. The summed E-state index contributed by atoms with van der Waals surface area (Å²) in [6.45, 7) is 2.67. The van der Waals surface area contributed by atoms with Crippen molar-refractivity contribution in [3.63, 3.8) is 0 Å². The Morgan fingerprint density at radius 1 is 1.23 bits per heavy atom. The minimum absolute atomic E-state index is 0.0355. The van der Waals surface area contributed by atoms with Crippen LogP contribution in [0.15, 0.2) is 24.3 Å². The normalized spacial score (nSPS) is 28.0. The molecule has 0 aromatic heterocycles. The van der Waals surface area contributed by atoms with Crippen LogP contribution in [0, 0.1) is 5.82 Å². The van der Waals surface area contributed by atoms with Crippen molar-refractivity contribution >= 4 is 11.9 Å². The van der Waals surface area contributed by atoms with E-state index < -0.39 is 5.97 Å². The van der Waals surface area contributed by atoms with E-state index in [1.807, 2.05) is 11.8 Å². The molecule has 2 unspecified atom stereocenters. The number of benzene rings is 1. The van der Waals surface area contributed by atoms with Gasteiger partial charge in [0.25, 0.3) is 0 Å². The average molecular weight is 364 g/mol. The number of amides is 1. The summed E-state index contributed by atoms with van der Waals surface area (Å²) in [5.41, 5.74) is 7.02. The molecule has 1 aliphatic carbocycles. The smallest absolute Gasteiger partial charge is 0.317 e. The monoisotopic (exact) mass is 364 g/mol. The van der Waals surface area contributed by atoms with Crippen molar-refractivity contribution in [1.29, 1.82) is 0 Å². The van der Waals surface area contributed by atoms with E-state index in [9.17, 15) is 14.0 Å². The van der Waals surface area contributed by atoms with Crippen LogP contribution in [0.4, 0.5) is 4.39 Å². The lowest BCUT2D eigenvalue weighted by Gasteiger charge is -2.42. The fraction of sp³-hybridized carbons (Fsp3) is 0.556. The van der Waals surface area contributed by atoms with Crippen LogP contribution in [0.2, 0.25) is 0 Å². The van der Waals surface area contributed by atoms with Gasteiger partial charge in [-0.3, -0.25) is 14.5 Å². The third-order valence-electron chi connectivity index (χ3n) is 5.21. The summed E-state index contributed by atoms with van der Waals surface area (Å²) in [6.07, 6.45) is 2.14. The highest BCUT2D eigenvalue weighted by atomic mass is 19.1. The van der Waals surface area contributed by atoms with Crippen molar-refractivity contribution in [2.24, 2.45) is 0 Å². The van der Waals surface area contributed by atoms with Gasteiger partial charge in [-0.25, -0.2) is 15.2 Å². The Bertz CT molecular complexity index is 648. The highest BCUT2D eigenvalue weighted by molar-refractivity contribution is 5.82. The number of halogens is 1. The molecule has 1 amide bonds. The van der Waals surface area contributed by atoms with Crippen molar-refractivity contribution < 1.29 is 19.1 Å². The lowest BCUT2D eigenvalue weighted by atomic mass is 9.85. The molecule has 1 saturated carbocycles. The van der Waals surface area contributed by atoms with Gasteiger partial charge in [-0.2, -0.15) is 0 Å². The fourth-order valence-corrected chi connectivity index (χ4v) is 3.62. The van der Waals surface area contributed by atoms with Gasteiger partial charge in [0.15, 0.2) is 0 Å². The number of nitrogens with zero attached hydrogens (tertiary/aromatic N) is 1. The summed E-state index contributed by atoms with van der Waals surface area (Å²) in [6, 6.07) is 6.17. The summed E-state index contributed by atoms with van der Waals surface area (Å²) in [4.78, 5) is 25.2. The first-order valence-corrected chi connectivity index (χ1v) is 8.99. The first-order valence-electron chi connectivity index (χ1n) is 8.99. The van der Waals surface area contributed by atoms with Gasteiger partial charge in [-0.1, -0.05) is 19.1 Å². The Morgan fingerprint density at radius 2 is 1.92 bits per heavy atom. The summed E-state index contributed by atoms with van der Waals surface area (Å²) in [5, 5.41) is 12.0. The SMILES string of the molecule is CCN(CC(=O)O)C1CC(NC(=O)C2CC(c3ccc(F)cc3)NN2)C1. The molecule has 1 heterocycles. The van der Waals surface area contributed by atoms with Crippen LogP contribution in [0.1, 0.15) is 37.8 Å². The summed E-state index contributed by atoms with van der Waals surface area (Å²) in [7, 11) is 0. The van der Waals surface area contributed by atoms with Crippen LogP contribution in [0.25, 0.3) is 0 Å². The molecule has 1 saturated heterocycles. The first-order chi connectivity index (χ1) is 12.5. The van der Waals surface area contributed by atoms with Crippen molar-refractivity contribution in [2.75, 3.05) is 13.1 Å². The minimum Gasteiger partial charge on any atom is -0.480 e. The maximum Gasteiger partial charge on any atom is 0.317 e. The van der Waals surface area contributed by atoms with E-state index in [0.29, 0.717) is 13.0 Å². The van der Waals surface area contributed by atoms with Gasteiger partial charge >= 0.3 is 5.97 Å². The number of hydrogen-bond acceptors (Lipinski definition) is 5. The van der Waals surface area contributed by atoms with Crippen molar-refractivity contribution in [3.8, 4) is 0 Å². The zero-order chi connectivity index (χ0) is 18.7. The number of hydrogen-bond donors (Lipinski definition) is 4. The number of carboxylic acid groups (broad SMARTS) is 1. The Hall–Kier alpha value is -2.03. The molecule has 2 aliphatic rings. The quantitative estimate of drug-likeness (QED) is 0.572. The molecule has 1 aromatic carbocycles. The van der Waals surface area contributed by atoms with E-state index in [1.165, 1.54) is 12.1 Å². The van der Waals surface area contributed by atoms with Gasteiger partial charge in [-0.05, 0) is 43.5 Å². The maximum atomic E-state index is 13.0. The van der Waals surface area contributed by atoms with Crippen molar-refractivity contribution in [3.05, 3.63) is 35.6 Å². The number of rotatable bonds is 7. The minimum atomic E-state index is -0.826. The second-order valence-corrected chi connectivity index (χ2v) is 6.97. The van der Waals surface area contributed by atoms with Crippen molar-refractivity contribution in [2.45, 2.75) is 50.4 Å². The number of likely N-dealkylation sites (N-methyl/N-ethyl adjacent to an activating group) is 1. The van der Waals surface area contributed by atoms with E-state index in [2.05, 4.69) is 16.2 Å². The number of hydrazine groups is 1. The van der Waals surface area contributed by atoms with Crippen LogP contribution in [-0.2, 0) is 9.59 Å². The van der Waals surface area contributed by atoms with Crippen LogP contribution in [0.5, 0.6) is 0 Å². The molecule has 26 heavy (non-hydrogen) atoms. The van der Waals surface area contributed by atoms with Crippen LogP contribution < -0.4 is 16.2 Å². The van der Waals surface area contributed by atoms with E-state index in [0.717, 1.165) is 18.4 Å². The second-order valence-electron chi connectivity index (χ2n) is 6.97. The molecule has 2 fully saturated rings. The molecule has 0 radical (unpaired) electrons. The Morgan fingerprint density at radius 3 is 2.54 bits per heavy atom. The van der Waals surface area contributed by atoms with Gasteiger partial charge in [0, 0.05) is 18.1 Å². The van der Waals surface area contributed by atoms with E-state index in [-0.39, 0.29) is 42.4 Å². The highest BCUT2D eigenvalue weighted by Crippen LogP contribution is 2.27. The number of carbonyl (C=O) groups is 2. The molecule has 1 aliphatic heterocycles. The molecular formula is C18H25FN4O3. The van der Waals surface area contributed by atoms with Gasteiger partial charge in [-0.15, -0.1) is 0 Å². The Kier molecular flexibility index (Phi) is 5.85. The Labute approximate surface area is 151 Å². The maximum absolute atomic E-state index is 13.0. The van der Waals surface area contributed by atoms with Gasteiger partial charge < -0.3 is 10.4 Å². The number of carbonyl (C=O) groups excluding carboxylic acids is 1. The van der Waals surface area contributed by atoms with E-state index >= 15 is 0 Å². The van der Waals surface area contributed by atoms with E-state index in [4.69, 9.17) is 5.11 Å². The summed E-state index contributed by atoms with van der Waals surface area (Å²) < 4.78 is 13.0. The lowest BCUT2D eigenvalue weighted by Crippen LogP contribution is -2.57. The first kappa shape index (κ1) is 18.8. The fourth-order valence-electron chi connectivity index (χ4n) is 3.62. The number of nitrogens with one attached hydrogen (secondary N) is 3. The molecule has 3 rings (SSSR count). The zero-order valence-electron chi connectivity index (χ0n) is 14.7. The predicted octanol–water partition coefficient (Wildman–Crippen LogP) is 0.787. The topological polar surface area (TPSA) is 93.7 Å². The zero-order valence-corrected chi connectivity index (χ0v) is 14.7. The van der Waals surface area contributed by atoms with Crippen LogP contribution in [-0.4, -0.2) is 53.1 Å². The van der Waals surface area contributed by atoms with Gasteiger partial charge in [0.2, 0.25) is 5.91 Å². The largest absolute Gasteiger partial charge is 0.480 e. The van der Waals surface area contributed by atoms with Crippen LogP contribution in [0.3, 0.4) is 0 Å². The summed E-state index contributed by atoms with van der Waals surface area (Å²) >= 11 is 0. The average Bonchev–Trinajstić information content (AvgIpc) is 3.06. The van der Waals surface area contributed by atoms with E-state index in [1.54, 1.807) is 12.1 Å². The van der Waals surface area contributed by atoms with Crippen LogP contribution >= 0.6 is 0 Å². The molecule has 1 aromatic rings. The third-order valence-corrected chi connectivity index (χ3v) is 5.21. The molecule has 8 heteroatoms. The highest BCUT2D eigenvalue weighted by Gasteiger charge is 2.37. The third kappa shape index (κ3) is 4.38. The molecule has 2 atom stereocenters. The van der Waals surface area contributed by atoms with Gasteiger partial charge in [0.05, 0.1) is 6.54 Å². The molecule has 0 spiro atoms. The number of aliphatic carboxylic acids is 1. The molecular weight excluding hydrogens is 339 g/mol.